The average Bonchev–Trinajstić information content (AvgIpc) is 2.47. The molecule has 0 amide bonds. The molecule has 1 fully saturated rings. The van der Waals surface area contributed by atoms with E-state index in [0.717, 1.165) is 18.4 Å². The summed E-state index contributed by atoms with van der Waals surface area (Å²) in [4.78, 5) is 11.9. The molecule has 2 rings (SSSR count). The number of aliphatic hydroxyl groups is 1. The van der Waals surface area contributed by atoms with Gasteiger partial charge in [-0.1, -0.05) is 61.7 Å². The Balaban J connectivity index is 2.13. The Labute approximate surface area is 164 Å². The molecule has 0 aromatic rings. The van der Waals surface area contributed by atoms with Crippen LogP contribution in [0.5, 0.6) is 0 Å². The van der Waals surface area contributed by atoms with Gasteiger partial charge in [-0.25, -0.2) is 4.79 Å². The van der Waals surface area contributed by atoms with Crippen molar-refractivity contribution >= 4 is 41.0 Å². The number of alkyl halides is 3. The van der Waals surface area contributed by atoms with Crippen LogP contribution in [-0.4, -0.2) is 33.4 Å². The summed E-state index contributed by atoms with van der Waals surface area (Å²) in [5.74, 6) is 0.802. The highest BCUT2D eigenvalue weighted by Crippen LogP contribution is 2.50. The highest BCUT2D eigenvalue weighted by Gasteiger charge is 2.53. The number of hydrogen-bond acceptors (Lipinski definition) is 4. The lowest BCUT2D eigenvalue weighted by Gasteiger charge is -2.52. The van der Waals surface area contributed by atoms with Crippen molar-refractivity contribution < 1.29 is 19.4 Å². The molecule has 142 valence electrons. The van der Waals surface area contributed by atoms with Crippen molar-refractivity contribution in [2.24, 2.45) is 23.7 Å². The molecule has 2 radical (unpaired) electrons. The summed E-state index contributed by atoms with van der Waals surface area (Å²) in [7, 11) is 0. The molecule has 25 heavy (non-hydrogen) atoms. The van der Waals surface area contributed by atoms with E-state index in [0.29, 0.717) is 11.8 Å². The normalized spacial score (nSPS) is 35.8. The van der Waals surface area contributed by atoms with Crippen LogP contribution in [0, 0.1) is 30.1 Å². The summed E-state index contributed by atoms with van der Waals surface area (Å²) in [6, 6.07) is 0. The molecule has 0 heterocycles. The quantitative estimate of drug-likeness (QED) is 0.405. The molecule has 0 aromatic heterocycles. The van der Waals surface area contributed by atoms with E-state index in [9.17, 15) is 9.90 Å². The third kappa shape index (κ3) is 4.97. The first-order chi connectivity index (χ1) is 11.4. The molecule has 0 aromatic carbocycles. The van der Waals surface area contributed by atoms with Crippen LogP contribution in [0.2, 0.25) is 0 Å². The minimum atomic E-state index is -1.70. The highest BCUT2D eigenvalue weighted by atomic mass is 35.6. The Bertz CT molecular complexity index is 529. The first kappa shape index (κ1) is 21.1. The van der Waals surface area contributed by atoms with Gasteiger partial charge in [0.1, 0.15) is 12.7 Å². The number of fused-ring (bicyclic) bond motifs is 1. The first-order valence-corrected chi connectivity index (χ1v) is 9.66. The number of carbonyl (C=O) groups excluding carboxylic acids is 1. The van der Waals surface area contributed by atoms with Crippen LogP contribution < -0.4 is 0 Å². The van der Waals surface area contributed by atoms with Gasteiger partial charge in [0.05, 0.1) is 12.0 Å². The molecule has 5 atom stereocenters. The minimum absolute atomic E-state index is 0.0279. The highest BCUT2D eigenvalue weighted by molar-refractivity contribution is 6.67. The fourth-order valence-electron chi connectivity index (χ4n) is 3.82. The van der Waals surface area contributed by atoms with Crippen LogP contribution in [0.4, 0.5) is 4.79 Å². The lowest BCUT2D eigenvalue weighted by Crippen LogP contribution is -2.56. The number of ether oxygens (including phenoxy) is 2. The van der Waals surface area contributed by atoms with E-state index in [1.54, 1.807) is 0 Å². The van der Waals surface area contributed by atoms with Crippen molar-refractivity contribution in [3.8, 4) is 0 Å². The molecular formula is C18H25Cl3O4. The van der Waals surface area contributed by atoms with Gasteiger partial charge in [-0.15, -0.1) is 0 Å². The second-order valence-electron chi connectivity index (χ2n) is 7.44. The maximum Gasteiger partial charge on any atom is 0.509 e. The van der Waals surface area contributed by atoms with E-state index < -0.39 is 28.3 Å². The van der Waals surface area contributed by atoms with Crippen molar-refractivity contribution in [1.29, 1.82) is 0 Å². The summed E-state index contributed by atoms with van der Waals surface area (Å²) in [6.45, 7) is 7.78. The molecule has 0 aliphatic heterocycles. The van der Waals surface area contributed by atoms with E-state index >= 15 is 0 Å². The molecule has 1 N–H and O–H groups in total. The molecule has 0 saturated heterocycles. The van der Waals surface area contributed by atoms with Crippen LogP contribution in [0.3, 0.4) is 0 Å². The standard InChI is InChI=1S/C18H25Cl3O4/c1-10(2)13-6-5-12(4)17(23)8-15(11(3)7-14(13)17)25-16(22)24-9-18(19,20)21/h7,10,12-15,23H,5-6,9H2,1-4H3/t12-,13+,14-,15-,17-/m1/s1. The summed E-state index contributed by atoms with van der Waals surface area (Å²) in [6.07, 6.45) is 5.36. The average molecular weight is 412 g/mol. The monoisotopic (exact) mass is 410 g/mol. The maximum atomic E-state index is 11.9. The summed E-state index contributed by atoms with van der Waals surface area (Å²) in [5, 5.41) is 11.3. The first-order valence-electron chi connectivity index (χ1n) is 8.52. The zero-order valence-corrected chi connectivity index (χ0v) is 17.2. The molecule has 7 heteroatoms. The number of halogens is 3. The Morgan fingerprint density at radius 3 is 2.64 bits per heavy atom. The second kappa shape index (κ2) is 7.84. The Morgan fingerprint density at radius 1 is 1.44 bits per heavy atom. The third-order valence-corrected chi connectivity index (χ3v) is 5.62. The minimum Gasteiger partial charge on any atom is -0.430 e. The second-order valence-corrected chi connectivity index (χ2v) is 9.96. The number of carbonyl (C=O) groups is 1. The predicted molar refractivity (Wildman–Crippen MR) is 98.7 cm³/mol. The fraction of sp³-hybridized carbons (Fsp3) is 0.778. The van der Waals surface area contributed by atoms with Crippen molar-refractivity contribution in [2.75, 3.05) is 6.61 Å². The zero-order valence-electron chi connectivity index (χ0n) is 14.9. The molecular weight excluding hydrogens is 387 g/mol. The van der Waals surface area contributed by atoms with Crippen molar-refractivity contribution in [1.82, 2.24) is 0 Å². The van der Waals surface area contributed by atoms with Gasteiger partial charge >= 0.3 is 6.16 Å². The van der Waals surface area contributed by atoms with E-state index in [-0.39, 0.29) is 11.8 Å². The molecule has 0 spiro atoms. The smallest absolute Gasteiger partial charge is 0.430 e. The predicted octanol–water partition coefficient (Wildman–Crippen LogP) is 4.97. The lowest BCUT2D eigenvalue weighted by molar-refractivity contribution is -0.0957. The van der Waals surface area contributed by atoms with Crippen molar-refractivity contribution in [3.63, 3.8) is 0 Å². The SMILES string of the molecule is CC1=C[C@@H]2[C@H](C(C)C)CC[C@@H](C)[C@]2(O)[C][C@H]1OC(=O)OCC(Cl)(Cl)Cl. The molecule has 1 saturated carbocycles. The molecule has 4 nitrogen and oxygen atoms in total. The van der Waals surface area contributed by atoms with Gasteiger partial charge in [0.25, 0.3) is 0 Å². The lowest BCUT2D eigenvalue weighted by atomic mass is 9.57. The van der Waals surface area contributed by atoms with E-state index in [1.165, 1.54) is 0 Å². The van der Waals surface area contributed by atoms with Gasteiger partial charge in [-0.2, -0.15) is 0 Å². The topological polar surface area (TPSA) is 55.8 Å². The Morgan fingerprint density at radius 2 is 2.08 bits per heavy atom. The summed E-state index contributed by atoms with van der Waals surface area (Å²) in [5.41, 5.74) is -0.312. The maximum absolute atomic E-state index is 11.9. The summed E-state index contributed by atoms with van der Waals surface area (Å²) >= 11 is 16.7. The molecule has 2 aliphatic carbocycles. The molecule has 0 unspecified atom stereocenters. The molecule has 2 aliphatic rings. The Kier molecular flexibility index (Phi) is 6.63. The third-order valence-electron chi connectivity index (χ3n) is 5.30. The van der Waals surface area contributed by atoms with Gasteiger partial charge in [-0.05, 0) is 43.1 Å². The van der Waals surface area contributed by atoms with E-state index in [1.807, 2.05) is 19.9 Å². The van der Waals surface area contributed by atoms with Gasteiger partial charge in [0.15, 0.2) is 0 Å². The number of hydrogen-bond donors (Lipinski definition) is 1. The summed E-state index contributed by atoms with van der Waals surface area (Å²) < 4.78 is 8.39. The fourth-order valence-corrected chi connectivity index (χ4v) is 3.99. The van der Waals surface area contributed by atoms with Crippen LogP contribution in [-0.2, 0) is 9.47 Å². The Hall–Kier alpha value is -0.160. The molecule has 0 bridgehead atoms. The van der Waals surface area contributed by atoms with Gasteiger partial charge in [0.2, 0.25) is 3.79 Å². The number of rotatable bonds is 3. The zero-order chi connectivity index (χ0) is 19.0. The van der Waals surface area contributed by atoms with Crippen LogP contribution in [0.25, 0.3) is 0 Å². The van der Waals surface area contributed by atoms with Crippen LogP contribution in [0.1, 0.15) is 40.5 Å². The van der Waals surface area contributed by atoms with Crippen LogP contribution in [0.15, 0.2) is 11.6 Å². The van der Waals surface area contributed by atoms with E-state index in [2.05, 4.69) is 20.3 Å². The van der Waals surface area contributed by atoms with Gasteiger partial charge in [-0.3, -0.25) is 0 Å². The van der Waals surface area contributed by atoms with Crippen LogP contribution >= 0.6 is 34.8 Å². The van der Waals surface area contributed by atoms with Crippen molar-refractivity contribution in [2.45, 2.75) is 56.0 Å². The van der Waals surface area contributed by atoms with Gasteiger partial charge < -0.3 is 14.6 Å². The van der Waals surface area contributed by atoms with Gasteiger partial charge in [0, 0.05) is 5.92 Å². The van der Waals surface area contributed by atoms with E-state index in [4.69, 9.17) is 44.3 Å². The largest absolute Gasteiger partial charge is 0.509 e. The van der Waals surface area contributed by atoms with Crippen molar-refractivity contribution in [3.05, 3.63) is 18.1 Å².